The first-order valence-electron chi connectivity index (χ1n) is 14.2. The van der Waals surface area contributed by atoms with E-state index in [0.717, 1.165) is 6.20 Å². The van der Waals surface area contributed by atoms with Gasteiger partial charge in [0, 0.05) is 17.9 Å². The van der Waals surface area contributed by atoms with Crippen LogP contribution in [0.3, 0.4) is 0 Å². The molecule has 8 nitrogen and oxygen atoms in total. The largest absolute Gasteiger partial charge is 0.444 e. The molecule has 1 aliphatic heterocycles. The van der Waals surface area contributed by atoms with Crippen LogP contribution in [0.15, 0.2) is 54.9 Å². The zero-order valence-electron chi connectivity index (χ0n) is 24.7. The third-order valence-electron chi connectivity index (χ3n) is 7.19. The van der Waals surface area contributed by atoms with Gasteiger partial charge in [-0.2, -0.15) is 0 Å². The van der Waals surface area contributed by atoms with Crippen LogP contribution in [0.2, 0.25) is 5.02 Å². The van der Waals surface area contributed by atoms with Gasteiger partial charge >= 0.3 is 6.09 Å². The van der Waals surface area contributed by atoms with Gasteiger partial charge in [-0.05, 0) is 69.0 Å². The SMILES string of the molecule is CC(C)(C)OC(=O)N1CC(CCc2c(F)cncc2NC(=O)CC(c2cccc(F)c2)c2ccc(Cl)c(F)c2)OCC1CO. The summed E-state index contributed by atoms with van der Waals surface area (Å²) in [6.45, 7) is 5.13. The molecule has 0 bridgehead atoms. The maximum absolute atomic E-state index is 15.0. The Labute approximate surface area is 259 Å². The Morgan fingerprint density at radius 2 is 1.89 bits per heavy atom. The summed E-state index contributed by atoms with van der Waals surface area (Å²) in [5, 5.41) is 12.4. The van der Waals surface area contributed by atoms with Gasteiger partial charge < -0.3 is 19.9 Å². The van der Waals surface area contributed by atoms with Crippen molar-refractivity contribution in [2.75, 3.05) is 25.1 Å². The fraction of sp³-hybridized carbons (Fsp3) is 0.406. The molecule has 44 heavy (non-hydrogen) atoms. The number of ether oxygens (including phenoxy) is 2. The normalized spacial score (nSPS) is 17.7. The molecule has 12 heteroatoms. The molecule has 4 rings (SSSR count). The summed E-state index contributed by atoms with van der Waals surface area (Å²) in [6.07, 6.45) is 1.51. The summed E-state index contributed by atoms with van der Waals surface area (Å²) in [5.41, 5.74) is 0.460. The minimum Gasteiger partial charge on any atom is -0.444 e. The number of aliphatic hydroxyl groups is 1. The van der Waals surface area contributed by atoms with E-state index in [0.29, 0.717) is 11.1 Å². The first-order valence-corrected chi connectivity index (χ1v) is 14.6. The van der Waals surface area contributed by atoms with Crippen LogP contribution in [0.25, 0.3) is 0 Å². The average molecular weight is 634 g/mol. The summed E-state index contributed by atoms with van der Waals surface area (Å²) in [6, 6.07) is 9.22. The fourth-order valence-corrected chi connectivity index (χ4v) is 5.14. The molecule has 0 spiro atoms. The van der Waals surface area contributed by atoms with Crippen LogP contribution in [0, 0.1) is 17.5 Å². The molecular weight excluding hydrogens is 599 g/mol. The van der Waals surface area contributed by atoms with E-state index in [2.05, 4.69) is 10.3 Å². The van der Waals surface area contributed by atoms with Crippen molar-refractivity contribution < 1.29 is 37.3 Å². The zero-order valence-corrected chi connectivity index (χ0v) is 25.4. The average Bonchev–Trinajstić information content (AvgIpc) is 2.96. The fourth-order valence-electron chi connectivity index (χ4n) is 5.02. The van der Waals surface area contributed by atoms with Crippen molar-refractivity contribution >= 4 is 29.3 Å². The number of morpholine rings is 1. The Morgan fingerprint density at radius 1 is 1.14 bits per heavy atom. The van der Waals surface area contributed by atoms with Gasteiger partial charge in [0.15, 0.2) is 0 Å². The molecule has 2 aromatic carbocycles. The molecule has 1 saturated heterocycles. The van der Waals surface area contributed by atoms with Crippen molar-refractivity contribution in [2.24, 2.45) is 0 Å². The van der Waals surface area contributed by atoms with Gasteiger partial charge in [-0.15, -0.1) is 0 Å². The molecule has 2 N–H and O–H groups in total. The summed E-state index contributed by atoms with van der Waals surface area (Å²) in [4.78, 5) is 31.3. The summed E-state index contributed by atoms with van der Waals surface area (Å²) in [7, 11) is 0. The maximum Gasteiger partial charge on any atom is 0.410 e. The van der Waals surface area contributed by atoms with Crippen molar-refractivity contribution in [3.63, 3.8) is 0 Å². The lowest BCUT2D eigenvalue weighted by Gasteiger charge is -2.39. The first kappa shape index (κ1) is 33.2. The highest BCUT2D eigenvalue weighted by molar-refractivity contribution is 6.30. The van der Waals surface area contributed by atoms with E-state index >= 15 is 4.39 Å². The second kappa shape index (κ2) is 14.4. The third kappa shape index (κ3) is 8.71. The van der Waals surface area contributed by atoms with Crippen LogP contribution in [0.1, 0.15) is 56.2 Å². The molecule has 0 aliphatic carbocycles. The van der Waals surface area contributed by atoms with Crippen molar-refractivity contribution in [2.45, 2.75) is 63.7 Å². The number of nitrogens with one attached hydrogen (secondary N) is 1. The second-order valence-corrected chi connectivity index (χ2v) is 12.1. The van der Waals surface area contributed by atoms with Crippen LogP contribution < -0.4 is 5.32 Å². The molecule has 3 unspecified atom stereocenters. The number of aliphatic hydroxyl groups excluding tert-OH is 1. The van der Waals surface area contributed by atoms with E-state index < -0.39 is 53.1 Å². The number of carbonyl (C=O) groups excluding carboxylic acids is 2. The number of nitrogens with zero attached hydrogens (tertiary/aromatic N) is 2. The first-order chi connectivity index (χ1) is 20.8. The Kier molecular flexibility index (Phi) is 10.9. The Bertz CT molecular complexity index is 1490. The van der Waals surface area contributed by atoms with E-state index in [1.807, 2.05) is 0 Å². The molecular formula is C32H35ClF3N3O5. The van der Waals surface area contributed by atoms with Gasteiger partial charge in [0.2, 0.25) is 5.91 Å². The van der Waals surface area contributed by atoms with Crippen LogP contribution in [0.4, 0.5) is 23.7 Å². The van der Waals surface area contributed by atoms with Gasteiger partial charge in [0.25, 0.3) is 0 Å². The predicted octanol–water partition coefficient (Wildman–Crippen LogP) is 6.24. The third-order valence-corrected chi connectivity index (χ3v) is 7.49. The number of halogens is 4. The molecule has 0 radical (unpaired) electrons. The quantitative estimate of drug-likeness (QED) is 0.289. The van der Waals surface area contributed by atoms with Gasteiger partial charge in [0.05, 0.1) is 55.0 Å². The molecule has 3 aromatic rings. The number of anilines is 1. The number of amides is 2. The summed E-state index contributed by atoms with van der Waals surface area (Å²) < 4.78 is 54.8. The standard InChI is InChI=1S/C32H35ClF3N3O5/c1-32(2,3)44-31(42)39-16-23(43-18-22(39)17-40)8-9-24-28(36)14-37-15-29(24)38-30(41)13-25(19-5-4-6-21(34)11-19)20-7-10-26(33)27(35)12-20/h4-7,10-12,14-15,22-23,25,40H,8-9,13,16-18H2,1-3H3,(H,38,41). The minimum atomic E-state index is -0.729. The van der Waals surface area contributed by atoms with Crippen molar-refractivity contribution in [1.29, 1.82) is 0 Å². The van der Waals surface area contributed by atoms with Crippen LogP contribution in [-0.2, 0) is 20.7 Å². The summed E-state index contributed by atoms with van der Waals surface area (Å²) in [5.74, 6) is -3.09. The van der Waals surface area contributed by atoms with Crippen LogP contribution in [0.5, 0.6) is 0 Å². The lowest BCUT2D eigenvalue weighted by molar-refractivity contribution is -0.116. The number of hydrogen-bond donors (Lipinski definition) is 2. The monoisotopic (exact) mass is 633 g/mol. The van der Waals surface area contributed by atoms with E-state index in [-0.39, 0.29) is 55.3 Å². The maximum atomic E-state index is 15.0. The van der Waals surface area contributed by atoms with E-state index in [1.165, 1.54) is 41.4 Å². The molecule has 2 heterocycles. The number of rotatable bonds is 9. The van der Waals surface area contributed by atoms with Crippen LogP contribution in [-0.4, -0.2) is 64.5 Å². The number of pyridine rings is 1. The van der Waals surface area contributed by atoms with Gasteiger partial charge in [-0.25, -0.2) is 18.0 Å². The Hall–Kier alpha value is -3.67. The lowest BCUT2D eigenvalue weighted by Crippen LogP contribution is -2.55. The Balaban J connectivity index is 1.48. The van der Waals surface area contributed by atoms with E-state index in [4.69, 9.17) is 21.1 Å². The minimum absolute atomic E-state index is 0.0790. The topological polar surface area (TPSA) is 101 Å². The highest BCUT2D eigenvalue weighted by Crippen LogP contribution is 2.32. The molecule has 236 valence electrons. The summed E-state index contributed by atoms with van der Waals surface area (Å²) >= 11 is 5.85. The molecule has 1 fully saturated rings. The smallest absolute Gasteiger partial charge is 0.410 e. The number of carbonyl (C=O) groups is 2. The number of hydrogen-bond acceptors (Lipinski definition) is 6. The molecule has 0 saturated carbocycles. The van der Waals surface area contributed by atoms with Gasteiger partial charge in [0.1, 0.15) is 23.1 Å². The zero-order chi connectivity index (χ0) is 32.0. The highest BCUT2D eigenvalue weighted by Gasteiger charge is 2.35. The number of aromatic nitrogens is 1. The molecule has 2 amide bonds. The van der Waals surface area contributed by atoms with Crippen molar-refractivity contribution in [3.8, 4) is 0 Å². The lowest BCUT2D eigenvalue weighted by atomic mass is 9.88. The van der Waals surface area contributed by atoms with Crippen molar-refractivity contribution in [1.82, 2.24) is 9.88 Å². The van der Waals surface area contributed by atoms with Crippen LogP contribution >= 0.6 is 11.6 Å². The second-order valence-electron chi connectivity index (χ2n) is 11.6. The molecule has 1 aromatic heterocycles. The predicted molar refractivity (Wildman–Crippen MR) is 159 cm³/mol. The number of benzene rings is 2. The van der Waals surface area contributed by atoms with Gasteiger partial charge in [-0.3, -0.25) is 14.7 Å². The Morgan fingerprint density at radius 3 is 2.57 bits per heavy atom. The van der Waals surface area contributed by atoms with Crippen molar-refractivity contribution in [3.05, 3.63) is 94.0 Å². The highest BCUT2D eigenvalue weighted by atomic mass is 35.5. The molecule has 3 atom stereocenters. The van der Waals surface area contributed by atoms with E-state index in [1.54, 1.807) is 32.9 Å². The molecule has 1 aliphatic rings. The van der Waals surface area contributed by atoms with E-state index in [9.17, 15) is 23.5 Å². The van der Waals surface area contributed by atoms with Gasteiger partial charge in [-0.1, -0.05) is 29.8 Å².